The molecule has 0 saturated heterocycles. The van der Waals surface area contributed by atoms with Crippen molar-refractivity contribution in [3.05, 3.63) is 0 Å². The number of ether oxygens (including phenoxy) is 1. The van der Waals surface area contributed by atoms with Gasteiger partial charge in [-0.2, -0.15) is 4.40 Å². The Labute approximate surface area is 95.9 Å². The highest BCUT2D eigenvalue weighted by atomic mass is 32.2. The zero-order valence-corrected chi connectivity index (χ0v) is 11.5. The molecule has 0 bridgehead atoms. The summed E-state index contributed by atoms with van der Waals surface area (Å²) in [6, 6.07) is 0. The lowest BCUT2D eigenvalue weighted by Crippen LogP contribution is -2.23. The van der Waals surface area contributed by atoms with Gasteiger partial charge in [-0.15, -0.1) is 0 Å². The van der Waals surface area contributed by atoms with Crippen LogP contribution in [0.1, 0.15) is 47.5 Å². The van der Waals surface area contributed by atoms with Gasteiger partial charge in [0.25, 0.3) is 0 Å². The lowest BCUT2D eigenvalue weighted by Gasteiger charge is -2.17. The monoisotopic (exact) mass is 233 g/mol. The zero-order valence-electron chi connectivity index (χ0n) is 10.7. The molecule has 0 rings (SSSR count). The van der Waals surface area contributed by atoms with Crippen LogP contribution >= 0.6 is 0 Å². The summed E-state index contributed by atoms with van der Waals surface area (Å²) >= 11 is 0. The third-order valence-corrected chi connectivity index (χ3v) is 3.44. The maximum Gasteiger partial charge on any atom is 0.200 e. The Morgan fingerprint density at radius 2 is 2.00 bits per heavy atom. The van der Waals surface area contributed by atoms with Crippen molar-refractivity contribution in [1.29, 1.82) is 0 Å². The molecule has 0 fully saturated rings. The summed E-state index contributed by atoms with van der Waals surface area (Å²) < 4.78 is 20.8. The van der Waals surface area contributed by atoms with E-state index in [1.165, 1.54) is 0 Å². The number of hydrogen-bond acceptors (Lipinski definition) is 2. The van der Waals surface area contributed by atoms with Crippen molar-refractivity contribution in [3.63, 3.8) is 0 Å². The molecular weight excluding hydrogens is 210 g/mol. The molecule has 0 radical (unpaired) electrons. The molecule has 0 aromatic carbocycles. The third-order valence-electron chi connectivity index (χ3n) is 2.05. The lowest BCUT2D eigenvalue weighted by atomic mass is 10.1. The minimum Gasteiger partial charge on any atom is -0.483 e. The molecule has 0 aromatic rings. The van der Waals surface area contributed by atoms with Crippen LogP contribution in [0.4, 0.5) is 0 Å². The zero-order chi connectivity index (χ0) is 12.1. The van der Waals surface area contributed by atoms with Crippen LogP contribution in [0.2, 0.25) is 0 Å². The first-order valence-electron chi connectivity index (χ1n) is 5.37. The van der Waals surface area contributed by atoms with Gasteiger partial charge in [-0.25, -0.2) is 4.21 Å². The van der Waals surface area contributed by atoms with Gasteiger partial charge >= 0.3 is 0 Å². The van der Waals surface area contributed by atoms with Crippen molar-refractivity contribution in [2.45, 2.75) is 52.2 Å². The Balaban J connectivity index is 4.66. The van der Waals surface area contributed by atoms with Gasteiger partial charge < -0.3 is 4.74 Å². The van der Waals surface area contributed by atoms with E-state index in [9.17, 15) is 4.21 Å². The number of methoxy groups -OCH3 is 1. The smallest absolute Gasteiger partial charge is 0.200 e. The summed E-state index contributed by atoms with van der Waals surface area (Å²) in [5.41, 5.74) is 0. The average molecular weight is 233 g/mol. The van der Waals surface area contributed by atoms with E-state index < -0.39 is 11.0 Å². The fraction of sp³-hybridized carbons (Fsp3) is 0.909. The maximum atomic E-state index is 11.8. The summed E-state index contributed by atoms with van der Waals surface area (Å²) in [5, 5.41) is 0. The van der Waals surface area contributed by atoms with E-state index in [-0.39, 0.29) is 10.7 Å². The van der Waals surface area contributed by atoms with Crippen molar-refractivity contribution in [3.8, 4) is 0 Å². The van der Waals surface area contributed by atoms with Crippen LogP contribution in [0.25, 0.3) is 0 Å². The Kier molecular flexibility index (Phi) is 6.10. The second-order valence-electron chi connectivity index (χ2n) is 4.68. The fourth-order valence-electron chi connectivity index (χ4n) is 1.10. The van der Waals surface area contributed by atoms with Crippen LogP contribution in [0.15, 0.2) is 4.40 Å². The van der Waals surface area contributed by atoms with Crippen molar-refractivity contribution in [2.75, 3.05) is 7.11 Å². The van der Waals surface area contributed by atoms with E-state index in [1.807, 2.05) is 27.7 Å². The second kappa shape index (κ2) is 6.26. The third kappa shape index (κ3) is 5.30. The summed E-state index contributed by atoms with van der Waals surface area (Å²) in [4.78, 5) is 0. The van der Waals surface area contributed by atoms with Crippen molar-refractivity contribution in [1.82, 2.24) is 0 Å². The Morgan fingerprint density at radius 3 is 2.33 bits per heavy atom. The Hall–Kier alpha value is -0.380. The minimum atomic E-state index is -1.23. The van der Waals surface area contributed by atoms with Gasteiger partial charge in [0.05, 0.1) is 11.9 Å². The highest BCUT2D eigenvalue weighted by Gasteiger charge is 2.21. The van der Waals surface area contributed by atoms with Gasteiger partial charge in [0, 0.05) is 5.92 Å². The maximum absolute atomic E-state index is 11.8. The second-order valence-corrected chi connectivity index (χ2v) is 6.59. The molecule has 0 unspecified atom stereocenters. The van der Waals surface area contributed by atoms with Gasteiger partial charge in [-0.05, 0) is 27.2 Å². The number of hydrogen-bond donors (Lipinski definition) is 0. The minimum absolute atomic E-state index is 0.242. The molecular formula is C11H23NO2S. The van der Waals surface area contributed by atoms with E-state index in [4.69, 9.17) is 4.74 Å². The molecule has 3 nitrogen and oxygen atoms in total. The van der Waals surface area contributed by atoms with Crippen molar-refractivity contribution >= 4 is 16.9 Å². The summed E-state index contributed by atoms with van der Waals surface area (Å²) in [6.07, 6.45) is 2.08. The predicted molar refractivity (Wildman–Crippen MR) is 66.4 cm³/mol. The van der Waals surface area contributed by atoms with E-state index in [0.717, 1.165) is 12.8 Å². The summed E-state index contributed by atoms with van der Waals surface area (Å²) in [6.45, 7) is 9.88. The molecule has 0 spiro atoms. The van der Waals surface area contributed by atoms with Gasteiger partial charge in [-0.3, -0.25) is 0 Å². The first-order chi connectivity index (χ1) is 6.82. The van der Waals surface area contributed by atoms with Crippen LogP contribution in [0.3, 0.4) is 0 Å². The van der Waals surface area contributed by atoms with E-state index in [1.54, 1.807) is 7.11 Å². The standard InChI is InChI=1S/C11H23NO2S/c1-7-8-9(2)10(14-6)12-15(13)11(3,4)5/h9H,7-8H2,1-6H3/b12-10-/t9-,15+/m0/s1. The topological polar surface area (TPSA) is 38.7 Å². The van der Waals surface area contributed by atoms with Gasteiger partial charge in [0.1, 0.15) is 11.0 Å². The summed E-state index contributed by atoms with van der Waals surface area (Å²) in [5.74, 6) is 0.844. The van der Waals surface area contributed by atoms with Crippen LogP contribution in [0, 0.1) is 5.92 Å². The number of rotatable bonds is 4. The quantitative estimate of drug-likeness (QED) is 0.553. The van der Waals surface area contributed by atoms with Crippen molar-refractivity contribution in [2.24, 2.45) is 10.3 Å². The first-order valence-corrected chi connectivity index (χ1v) is 6.48. The Morgan fingerprint density at radius 1 is 1.47 bits per heavy atom. The van der Waals surface area contributed by atoms with Crippen LogP contribution in [-0.2, 0) is 15.7 Å². The van der Waals surface area contributed by atoms with Gasteiger partial charge in [0.2, 0.25) is 0 Å². The first kappa shape index (κ1) is 14.6. The highest BCUT2D eigenvalue weighted by molar-refractivity contribution is 7.85. The molecule has 0 aliphatic heterocycles. The molecule has 0 saturated carbocycles. The molecule has 0 aliphatic rings. The molecule has 0 amide bonds. The van der Waals surface area contributed by atoms with Crippen LogP contribution in [0.5, 0.6) is 0 Å². The largest absolute Gasteiger partial charge is 0.483 e. The highest BCUT2D eigenvalue weighted by Crippen LogP contribution is 2.15. The van der Waals surface area contributed by atoms with E-state index >= 15 is 0 Å². The molecule has 4 heteroatoms. The molecule has 15 heavy (non-hydrogen) atoms. The lowest BCUT2D eigenvalue weighted by molar-refractivity contribution is 0.366. The molecule has 0 aromatic heterocycles. The summed E-state index contributed by atoms with van der Waals surface area (Å²) in [7, 11) is 0.360. The van der Waals surface area contributed by atoms with Crippen molar-refractivity contribution < 1.29 is 8.95 Å². The molecule has 90 valence electrons. The van der Waals surface area contributed by atoms with Gasteiger partial charge in [-0.1, -0.05) is 20.3 Å². The predicted octanol–water partition coefficient (Wildman–Crippen LogP) is 2.93. The Bertz CT molecular complexity index is 243. The molecule has 0 aliphatic carbocycles. The van der Waals surface area contributed by atoms with Gasteiger partial charge in [0.15, 0.2) is 5.90 Å². The van der Waals surface area contributed by atoms with Crippen LogP contribution in [-0.4, -0.2) is 22.0 Å². The SMILES string of the molecule is CCC[C@H](C)/C(=N/[S@](=O)C(C)(C)C)OC. The number of nitrogens with zero attached hydrogens (tertiary/aromatic N) is 1. The molecule has 2 atom stereocenters. The van der Waals surface area contributed by atoms with E-state index in [2.05, 4.69) is 11.3 Å². The van der Waals surface area contributed by atoms with Crippen LogP contribution < -0.4 is 0 Å². The fourth-order valence-corrected chi connectivity index (χ4v) is 1.80. The normalized spacial score (nSPS) is 17.3. The molecule has 0 N–H and O–H groups in total. The van der Waals surface area contributed by atoms with E-state index in [0.29, 0.717) is 5.90 Å². The average Bonchev–Trinajstić information content (AvgIpc) is 2.12. The molecule has 0 heterocycles.